The minimum absolute atomic E-state index is 0.00839. The number of amides is 1. The molecule has 5 rings (SSSR count). The highest BCUT2D eigenvalue weighted by molar-refractivity contribution is 6.76. The van der Waals surface area contributed by atoms with E-state index in [1.807, 2.05) is 49.0 Å². The van der Waals surface area contributed by atoms with Gasteiger partial charge >= 0.3 is 0 Å². The first-order chi connectivity index (χ1) is 19.7. The summed E-state index contributed by atoms with van der Waals surface area (Å²) in [6.07, 6.45) is 7.74. The number of H-pyrrole nitrogens is 1. The van der Waals surface area contributed by atoms with E-state index in [-0.39, 0.29) is 30.5 Å². The van der Waals surface area contributed by atoms with E-state index in [0.29, 0.717) is 23.4 Å². The Bertz CT molecular complexity index is 1520. The topological polar surface area (TPSA) is 84.0 Å². The first-order valence-electron chi connectivity index (χ1n) is 14.6. The molecule has 218 valence electrons. The van der Waals surface area contributed by atoms with Crippen LogP contribution >= 0.6 is 0 Å². The van der Waals surface area contributed by atoms with Gasteiger partial charge in [0.1, 0.15) is 18.2 Å². The summed E-state index contributed by atoms with van der Waals surface area (Å²) in [6.45, 7) is 9.62. The maximum absolute atomic E-state index is 15.7. The van der Waals surface area contributed by atoms with Crippen molar-refractivity contribution in [2.45, 2.75) is 77.1 Å². The molecule has 1 amide bonds. The summed E-state index contributed by atoms with van der Waals surface area (Å²) in [4.78, 5) is 21.7. The second-order valence-electron chi connectivity index (χ2n) is 12.4. The van der Waals surface area contributed by atoms with E-state index in [2.05, 4.69) is 40.2 Å². The average molecular weight is 576 g/mol. The van der Waals surface area contributed by atoms with Crippen molar-refractivity contribution in [1.29, 1.82) is 0 Å². The zero-order valence-electron chi connectivity index (χ0n) is 24.8. The van der Waals surface area contributed by atoms with Gasteiger partial charge in [0.05, 0.1) is 17.0 Å². The smallest absolute Gasteiger partial charge is 0.253 e. The van der Waals surface area contributed by atoms with Crippen LogP contribution in [0.2, 0.25) is 25.7 Å². The Morgan fingerprint density at radius 2 is 1.90 bits per heavy atom. The van der Waals surface area contributed by atoms with Crippen LogP contribution < -0.4 is 10.6 Å². The number of hydrogen-bond donors (Lipinski definition) is 3. The third kappa shape index (κ3) is 6.47. The number of hydrogen-bond acceptors (Lipinski definition) is 4. The monoisotopic (exact) mass is 575 g/mol. The Morgan fingerprint density at radius 3 is 2.63 bits per heavy atom. The van der Waals surface area contributed by atoms with E-state index in [1.54, 1.807) is 12.3 Å². The van der Waals surface area contributed by atoms with Crippen molar-refractivity contribution < 1.29 is 13.9 Å². The molecule has 3 N–H and O–H groups in total. The Morgan fingerprint density at radius 1 is 1.12 bits per heavy atom. The number of rotatable bonds is 10. The highest BCUT2D eigenvalue weighted by Crippen LogP contribution is 2.37. The van der Waals surface area contributed by atoms with Crippen LogP contribution in [0.4, 0.5) is 4.39 Å². The molecule has 0 saturated heterocycles. The molecule has 1 unspecified atom stereocenters. The van der Waals surface area contributed by atoms with Crippen molar-refractivity contribution in [1.82, 2.24) is 25.2 Å². The van der Waals surface area contributed by atoms with E-state index >= 15 is 4.39 Å². The van der Waals surface area contributed by atoms with Crippen LogP contribution in [0.3, 0.4) is 0 Å². The van der Waals surface area contributed by atoms with Gasteiger partial charge < -0.3 is 24.9 Å². The summed E-state index contributed by atoms with van der Waals surface area (Å²) >= 11 is 0. The zero-order chi connectivity index (χ0) is 29.1. The summed E-state index contributed by atoms with van der Waals surface area (Å²) in [6, 6.07) is 12.2. The van der Waals surface area contributed by atoms with Crippen LogP contribution in [-0.2, 0) is 11.5 Å². The lowest BCUT2D eigenvalue weighted by Crippen LogP contribution is -2.50. The Kier molecular flexibility index (Phi) is 8.77. The third-order valence-corrected chi connectivity index (χ3v) is 9.83. The normalized spacial score (nSPS) is 17.7. The quantitative estimate of drug-likeness (QED) is 0.145. The molecule has 0 radical (unpaired) electrons. The minimum Gasteiger partial charge on any atom is -0.361 e. The van der Waals surface area contributed by atoms with Gasteiger partial charge in [-0.05, 0) is 68.8 Å². The van der Waals surface area contributed by atoms with E-state index < -0.39 is 8.07 Å². The molecule has 9 heteroatoms. The zero-order valence-corrected chi connectivity index (χ0v) is 25.8. The van der Waals surface area contributed by atoms with E-state index in [9.17, 15) is 4.79 Å². The fraction of sp³-hybridized carbons (Fsp3) is 0.438. The van der Waals surface area contributed by atoms with E-state index in [0.717, 1.165) is 59.6 Å². The van der Waals surface area contributed by atoms with Crippen molar-refractivity contribution in [2.24, 2.45) is 0 Å². The third-order valence-electron chi connectivity index (χ3n) is 8.13. The van der Waals surface area contributed by atoms with Crippen molar-refractivity contribution in [3.63, 3.8) is 0 Å². The van der Waals surface area contributed by atoms with Gasteiger partial charge in [0.25, 0.3) is 5.91 Å². The Labute approximate surface area is 242 Å². The van der Waals surface area contributed by atoms with E-state index in [4.69, 9.17) is 4.74 Å². The van der Waals surface area contributed by atoms with Gasteiger partial charge in [-0.25, -0.2) is 9.37 Å². The molecule has 7 nitrogen and oxygen atoms in total. The molecule has 1 fully saturated rings. The lowest BCUT2D eigenvalue weighted by Gasteiger charge is -2.32. The number of nitrogens with zero attached hydrogens (tertiary/aromatic N) is 2. The van der Waals surface area contributed by atoms with Gasteiger partial charge in [0.15, 0.2) is 0 Å². The second kappa shape index (κ2) is 12.3. The van der Waals surface area contributed by atoms with Gasteiger partial charge in [0, 0.05) is 55.7 Å². The molecule has 1 aromatic carbocycles. The number of benzene rings is 1. The molecule has 3 aromatic heterocycles. The molecular weight excluding hydrogens is 533 g/mol. The predicted octanol–water partition coefficient (Wildman–Crippen LogP) is 6.72. The molecule has 0 bridgehead atoms. The summed E-state index contributed by atoms with van der Waals surface area (Å²) < 4.78 is 23.9. The van der Waals surface area contributed by atoms with Crippen molar-refractivity contribution in [2.75, 3.05) is 13.7 Å². The number of aromatic nitrogens is 3. The molecular formula is C32H42FN5O2Si. The SMILES string of the molecule is CN[C@@H]1CCCCC1NC(=O)c1cc(-c2ccnc3[nH]ccc23)n(COCC[Si](C)(C)C)c1-c1ccc(C)cc1F. The summed E-state index contributed by atoms with van der Waals surface area (Å²) in [5, 5.41) is 7.60. The number of carbonyl (C=O) groups is 1. The summed E-state index contributed by atoms with van der Waals surface area (Å²) in [7, 11) is 0.627. The Hall–Kier alpha value is -3.27. The number of aromatic amines is 1. The van der Waals surface area contributed by atoms with Crippen LogP contribution in [0.15, 0.2) is 48.8 Å². The van der Waals surface area contributed by atoms with Gasteiger partial charge in [0.2, 0.25) is 0 Å². The van der Waals surface area contributed by atoms with Crippen molar-refractivity contribution in [3.05, 3.63) is 65.7 Å². The summed E-state index contributed by atoms with van der Waals surface area (Å²) in [5.41, 5.74) is 4.63. The Balaban J connectivity index is 1.65. The predicted molar refractivity (Wildman–Crippen MR) is 166 cm³/mol. The van der Waals surface area contributed by atoms with Crippen molar-refractivity contribution >= 4 is 25.0 Å². The minimum atomic E-state index is -1.32. The van der Waals surface area contributed by atoms with Gasteiger partial charge in [-0.3, -0.25) is 4.79 Å². The van der Waals surface area contributed by atoms with E-state index in [1.165, 1.54) is 6.07 Å². The molecule has 4 aromatic rings. The molecule has 3 heterocycles. The molecule has 1 saturated carbocycles. The van der Waals surface area contributed by atoms with Crippen LogP contribution in [-0.4, -0.2) is 54.3 Å². The molecule has 41 heavy (non-hydrogen) atoms. The maximum Gasteiger partial charge on any atom is 0.253 e. The van der Waals surface area contributed by atoms with Crippen molar-refractivity contribution in [3.8, 4) is 22.5 Å². The lowest BCUT2D eigenvalue weighted by atomic mass is 9.90. The van der Waals surface area contributed by atoms with Gasteiger partial charge in [-0.1, -0.05) is 38.5 Å². The average Bonchev–Trinajstić information content (AvgIpc) is 3.56. The highest BCUT2D eigenvalue weighted by Gasteiger charge is 2.30. The molecule has 0 aliphatic heterocycles. The number of aryl methyl sites for hydroxylation is 1. The van der Waals surface area contributed by atoms with Crippen LogP contribution in [0.25, 0.3) is 33.5 Å². The lowest BCUT2D eigenvalue weighted by molar-refractivity contribution is 0.0886. The maximum atomic E-state index is 15.7. The summed E-state index contributed by atoms with van der Waals surface area (Å²) in [5.74, 6) is -0.562. The molecule has 2 atom stereocenters. The largest absolute Gasteiger partial charge is 0.361 e. The fourth-order valence-electron chi connectivity index (χ4n) is 5.80. The van der Waals surface area contributed by atoms with Crippen LogP contribution in [0.1, 0.15) is 41.6 Å². The van der Waals surface area contributed by atoms with Gasteiger partial charge in [-0.2, -0.15) is 0 Å². The first-order valence-corrected chi connectivity index (χ1v) is 18.4. The molecule has 0 spiro atoms. The standard InChI is InChI=1S/C32H42FN5O2Si/c1-21-10-11-24(26(33)18-21)30-25(32(39)37-28-9-7-6-8-27(28)34-2)19-29(38(30)20-40-16-17-41(3,4)5)22-12-14-35-31-23(22)13-15-36-31/h10-15,18-19,27-28,34H,6-9,16-17,20H2,1-5H3,(H,35,36)(H,37,39)/t27-,28?/m1/s1. The fourth-order valence-corrected chi connectivity index (χ4v) is 6.55. The second-order valence-corrected chi connectivity index (χ2v) is 18.0. The van der Waals surface area contributed by atoms with Crippen LogP contribution in [0.5, 0.6) is 0 Å². The number of nitrogens with one attached hydrogen (secondary N) is 3. The van der Waals surface area contributed by atoms with Gasteiger partial charge in [-0.15, -0.1) is 0 Å². The number of fused-ring (bicyclic) bond motifs is 1. The number of halogens is 1. The van der Waals surface area contributed by atoms with Crippen LogP contribution in [0, 0.1) is 12.7 Å². The number of pyridine rings is 1. The number of carbonyl (C=O) groups excluding carboxylic acids is 1. The number of ether oxygens (including phenoxy) is 1. The first kappa shape index (κ1) is 29.2. The molecule has 1 aliphatic carbocycles. The molecule has 1 aliphatic rings. The highest BCUT2D eigenvalue weighted by atomic mass is 28.3. The number of likely N-dealkylation sites (N-methyl/N-ethyl adjacent to an activating group) is 1.